The molecule has 0 fully saturated rings. The predicted octanol–water partition coefficient (Wildman–Crippen LogP) is 1.84. The summed E-state index contributed by atoms with van der Waals surface area (Å²) in [6.45, 7) is 0.270. The van der Waals surface area contributed by atoms with E-state index in [0.29, 0.717) is 29.2 Å². The van der Waals surface area contributed by atoms with Gasteiger partial charge in [-0.2, -0.15) is 0 Å². The third-order valence-corrected chi connectivity index (χ3v) is 4.51. The summed E-state index contributed by atoms with van der Waals surface area (Å²) in [5, 5.41) is 0. The van der Waals surface area contributed by atoms with Crippen LogP contribution in [0.2, 0.25) is 0 Å². The van der Waals surface area contributed by atoms with Gasteiger partial charge < -0.3 is 23.7 Å². The molecule has 0 amide bonds. The molecule has 3 rings (SSSR count). The Balaban J connectivity index is 1.92. The maximum Gasteiger partial charge on any atom is 0.228 e. The Hall–Kier alpha value is -2.96. The second kappa shape index (κ2) is 7.11. The number of hydrogen-bond donors (Lipinski definition) is 0. The minimum Gasteiger partial charge on any atom is -0.493 e. The number of methoxy groups -OCH3 is 4. The van der Waals surface area contributed by atoms with Gasteiger partial charge in [0.15, 0.2) is 11.5 Å². The van der Waals surface area contributed by atoms with Crippen molar-refractivity contribution in [2.24, 2.45) is 5.92 Å². The van der Waals surface area contributed by atoms with Gasteiger partial charge in [-0.15, -0.1) is 0 Å². The predicted molar refractivity (Wildman–Crippen MR) is 91.4 cm³/mol. The molecule has 7 nitrogen and oxygen atoms in total. The van der Waals surface area contributed by atoms with E-state index in [0.717, 1.165) is 5.56 Å². The van der Waals surface area contributed by atoms with Gasteiger partial charge in [-0.1, -0.05) is 0 Å². The normalized spacial score (nSPS) is 19.4. The van der Waals surface area contributed by atoms with E-state index in [1.54, 1.807) is 20.3 Å². The minimum absolute atomic E-state index is 0.0758. The van der Waals surface area contributed by atoms with Crippen molar-refractivity contribution in [2.75, 3.05) is 35.0 Å². The zero-order chi connectivity index (χ0) is 18.8. The van der Waals surface area contributed by atoms with Gasteiger partial charge in [-0.3, -0.25) is 9.59 Å². The molecule has 138 valence electrons. The first-order valence-electron chi connectivity index (χ1n) is 8.04. The zero-order valence-electron chi connectivity index (χ0n) is 15.1. The Morgan fingerprint density at radius 3 is 2.19 bits per heavy atom. The SMILES string of the molecule is COC1=C(OC)C(=O)C([C@H]2COc3cc(OC)c(OC)cc3C2)=CC1=O. The van der Waals surface area contributed by atoms with Crippen LogP contribution in [0.1, 0.15) is 5.56 Å². The smallest absolute Gasteiger partial charge is 0.228 e. The van der Waals surface area contributed by atoms with Gasteiger partial charge in [0, 0.05) is 17.6 Å². The summed E-state index contributed by atoms with van der Waals surface area (Å²) in [6, 6.07) is 3.58. The number of carbonyl (C=O) groups excluding carboxylic acids is 2. The fourth-order valence-corrected chi connectivity index (χ4v) is 3.21. The molecule has 0 aromatic heterocycles. The lowest BCUT2D eigenvalue weighted by atomic mass is 9.84. The molecular weight excluding hydrogens is 340 g/mol. The van der Waals surface area contributed by atoms with E-state index in [2.05, 4.69) is 0 Å². The molecule has 0 spiro atoms. The van der Waals surface area contributed by atoms with Gasteiger partial charge >= 0.3 is 0 Å². The van der Waals surface area contributed by atoms with Crippen molar-refractivity contribution >= 4 is 11.6 Å². The number of fused-ring (bicyclic) bond motifs is 1. The van der Waals surface area contributed by atoms with Gasteiger partial charge in [-0.25, -0.2) is 0 Å². The summed E-state index contributed by atoms with van der Waals surface area (Å²) >= 11 is 0. The molecule has 26 heavy (non-hydrogen) atoms. The highest BCUT2D eigenvalue weighted by atomic mass is 16.5. The van der Waals surface area contributed by atoms with E-state index in [1.165, 1.54) is 20.3 Å². The number of allylic oxidation sites excluding steroid dienone is 2. The highest BCUT2D eigenvalue weighted by Crippen LogP contribution is 2.40. The number of ether oxygens (including phenoxy) is 5. The molecule has 1 aromatic carbocycles. The third kappa shape index (κ3) is 2.89. The van der Waals surface area contributed by atoms with E-state index in [-0.39, 0.29) is 29.8 Å². The molecule has 0 saturated carbocycles. The largest absolute Gasteiger partial charge is 0.493 e. The molecule has 1 aliphatic heterocycles. The van der Waals surface area contributed by atoms with E-state index >= 15 is 0 Å². The fourth-order valence-electron chi connectivity index (χ4n) is 3.21. The van der Waals surface area contributed by atoms with Gasteiger partial charge in [0.05, 0.1) is 35.0 Å². The summed E-state index contributed by atoms with van der Waals surface area (Å²) in [5.74, 6) is 0.642. The second-order valence-electron chi connectivity index (χ2n) is 5.89. The Kier molecular flexibility index (Phi) is 4.88. The Bertz CT molecular complexity index is 819. The lowest BCUT2D eigenvalue weighted by Gasteiger charge is -2.29. The van der Waals surface area contributed by atoms with Crippen LogP contribution >= 0.6 is 0 Å². The van der Waals surface area contributed by atoms with Gasteiger partial charge in [0.1, 0.15) is 5.75 Å². The lowest BCUT2D eigenvalue weighted by Crippen LogP contribution is -2.31. The number of Topliss-reactive ketones (excluding diaryl/α,β-unsaturated/α-hetero) is 1. The van der Waals surface area contributed by atoms with Crippen molar-refractivity contribution in [2.45, 2.75) is 6.42 Å². The summed E-state index contributed by atoms with van der Waals surface area (Å²) in [4.78, 5) is 25.0. The van der Waals surface area contributed by atoms with Gasteiger partial charge in [0.2, 0.25) is 23.1 Å². The molecule has 0 saturated heterocycles. The van der Waals surface area contributed by atoms with Crippen LogP contribution in [0.15, 0.2) is 35.3 Å². The molecule has 2 aliphatic rings. The molecule has 1 atom stereocenters. The van der Waals surface area contributed by atoms with Crippen LogP contribution < -0.4 is 14.2 Å². The molecule has 7 heteroatoms. The maximum absolute atomic E-state index is 12.7. The molecule has 0 N–H and O–H groups in total. The monoisotopic (exact) mass is 360 g/mol. The van der Waals surface area contributed by atoms with Crippen molar-refractivity contribution in [3.63, 3.8) is 0 Å². The summed E-state index contributed by atoms with van der Waals surface area (Å²) in [6.07, 6.45) is 1.84. The van der Waals surface area contributed by atoms with E-state index < -0.39 is 5.78 Å². The number of hydrogen-bond acceptors (Lipinski definition) is 7. The van der Waals surface area contributed by atoms with Crippen molar-refractivity contribution in [3.8, 4) is 17.2 Å². The number of benzene rings is 1. The Morgan fingerprint density at radius 2 is 1.58 bits per heavy atom. The van der Waals surface area contributed by atoms with E-state index in [9.17, 15) is 9.59 Å². The average molecular weight is 360 g/mol. The molecule has 0 radical (unpaired) electrons. The molecule has 0 unspecified atom stereocenters. The topological polar surface area (TPSA) is 80.3 Å². The van der Waals surface area contributed by atoms with Crippen LogP contribution in [0.25, 0.3) is 0 Å². The maximum atomic E-state index is 12.7. The van der Waals surface area contributed by atoms with Crippen LogP contribution in [0.4, 0.5) is 0 Å². The first-order chi connectivity index (χ1) is 12.5. The number of ketones is 2. The number of carbonyl (C=O) groups is 2. The zero-order valence-corrected chi connectivity index (χ0v) is 15.1. The summed E-state index contributed by atoms with van der Waals surface area (Å²) in [5.41, 5.74) is 1.23. The Labute approximate surface area is 151 Å². The molecule has 1 aromatic rings. The average Bonchev–Trinajstić information content (AvgIpc) is 2.67. The highest BCUT2D eigenvalue weighted by Gasteiger charge is 2.36. The van der Waals surface area contributed by atoms with E-state index in [4.69, 9.17) is 23.7 Å². The minimum atomic E-state index is -0.392. The first-order valence-corrected chi connectivity index (χ1v) is 8.04. The first kappa shape index (κ1) is 17.8. The van der Waals surface area contributed by atoms with Crippen molar-refractivity contribution < 1.29 is 33.3 Å². The van der Waals surface area contributed by atoms with Gasteiger partial charge in [-0.05, 0) is 24.1 Å². The molecular formula is C19H20O7. The van der Waals surface area contributed by atoms with Crippen molar-refractivity contribution in [3.05, 3.63) is 40.9 Å². The summed E-state index contributed by atoms with van der Waals surface area (Å²) < 4.78 is 26.5. The lowest BCUT2D eigenvalue weighted by molar-refractivity contribution is -0.121. The molecule has 0 bridgehead atoms. The summed E-state index contributed by atoms with van der Waals surface area (Å²) in [7, 11) is 5.78. The van der Waals surface area contributed by atoms with Crippen molar-refractivity contribution in [1.82, 2.24) is 0 Å². The van der Waals surface area contributed by atoms with Crippen LogP contribution in [-0.4, -0.2) is 46.6 Å². The standard InChI is InChI=1S/C19H20O7/c1-22-15-6-10-5-11(9-26-14(10)8-16(15)23-2)12-7-13(20)18(24-3)19(25-4)17(12)21/h6-8,11H,5,9H2,1-4H3/t11-/m1/s1. The third-order valence-electron chi connectivity index (χ3n) is 4.51. The fraction of sp³-hybridized carbons (Fsp3) is 0.368. The van der Waals surface area contributed by atoms with Crippen LogP contribution in [0, 0.1) is 5.92 Å². The number of rotatable bonds is 5. The van der Waals surface area contributed by atoms with Gasteiger partial charge in [0.25, 0.3) is 0 Å². The molecule has 1 aliphatic carbocycles. The Morgan fingerprint density at radius 1 is 0.923 bits per heavy atom. The van der Waals surface area contributed by atoms with Crippen LogP contribution in [-0.2, 0) is 25.5 Å². The second-order valence-corrected chi connectivity index (χ2v) is 5.89. The van der Waals surface area contributed by atoms with E-state index in [1.807, 2.05) is 6.07 Å². The quantitative estimate of drug-likeness (QED) is 0.741. The van der Waals surface area contributed by atoms with Crippen molar-refractivity contribution in [1.29, 1.82) is 0 Å². The molecule has 1 heterocycles. The highest BCUT2D eigenvalue weighted by molar-refractivity contribution is 6.21. The van der Waals surface area contributed by atoms with Crippen LogP contribution in [0.3, 0.4) is 0 Å². The van der Waals surface area contributed by atoms with Crippen LogP contribution in [0.5, 0.6) is 17.2 Å².